The molecule has 1 aliphatic rings. The minimum absolute atomic E-state index is 0.128. The first-order valence-corrected chi connectivity index (χ1v) is 10.4. The Bertz CT molecular complexity index is 1040. The van der Waals surface area contributed by atoms with Crippen molar-refractivity contribution in [1.29, 1.82) is 0 Å². The van der Waals surface area contributed by atoms with Crippen molar-refractivity contribution in [1.82, 2.24) is 14.8 Å². The van der Waals surface area contributed by atoms with E-state index in [0.29, 0.717) is 42.0 Å². The number of ether oxygens (including phenoxy) is 3. The van der Waals surface area contributed by atoms with Gasteiger partial charge in [0.2, 0.25) is 5.91 Å². The van der Waals surface area contributed by atoms with E-state index in [1.165, 1.54) is 11.8 Å². The van der Waals surface area contributed by atoms with Crippen molar-refractivity contribution < 1.29 is 19.0 Å². The van der Waals surface area contributed by atoms with Crippen molar-refractivity contribution in [3.8, 4) is 17.2 Å². The molecule has 0 unspecified atom stereocenters. The van der Waals surface area contributed by atoms with Gasteiger partial charge in [-0.3, -0.25) is 4.79 Å². The Kier molecular flexibility index (Phi) is 6.08. The molecule has 2 aromatic carbocycles. The molecular formula is C21H22N4O4S. The van der Waals surface area contributed by atoms with Gasteiger partial charge in [-0.05, 0) is 29.8 Å². The van der Waals surface area contributed by atoms with Gasteiger partial charge in [0.1, 0.15) is 24.8 Å². The van der Waals surface area contributed by atoms with Crippen LogP contribution in [0.3, 0.4) is 0 Å². The van der Waals surface area contributed by atoms with Gasteiger partial charge in [-0.15, -0.1) is 10.2 Å². The molecule has 0 saturated heterocycles. The largest absolute Gasteiger partial charge is 0.497 e. The Hall–Kier alpha value is -3.20. The monoisotopic (exact) mass is 426 g/mol. The minimum Gasteiger partial charge on any atom is -0.497 e. The quantitative estimate of drug-likeness (QED) is 0.581. The summed E-state index contributed by atoms with van der Waals surface area (Å²) >= 11 is 1.34. The lowest BCUT2D eigenvalue weighted by atomic mass is 10.1. The number of amides is 1. The van der Waals surface area contributed by atoms with Gasteiger partial charge in [0.15, 0.2) is 16.7 Å². The predicted molar refractivity (Wildman–Crippen MR) is 114 cm³/mol. The molecule has 9 heteroatoms. The van der Waals surface area contributed by atoms with Gasteiger partial charge in [0.05, 0.1) is 12.9 Å². The molecule has 30 heavy (non-hydrogen) atoms. The summed E-state index contributed by atoms with van der Waals surface area (Å²) in [5.41, 5.74) is 1.78. The molecule has 2 heterocycles. The van der Waals surface area contributed by atoms with Crippen LogP contribution in [0.15, 0.2) is 47.6 Å². The summed E-state index contributed by atoms with van der Waals surface area (Å²) in [4.78, 5) is 12.4. The fraction of sp³-hybridized carbons (Fsp3) is 0.286. The number of aromatic nitrogens is 3. The number of thioether (sulfide) groups is 1. The standard InChI is InChI=1S/C21H22N4O4S/c1-25-19(11-14-3-6-16(27-2)7-4-14)23-24-21(25)30-13-20(26)22-15-5-8-17-18(12-15)29-10-9-28-17/h3-8,12H,9-11,13H2,1-2H3,(H,22,26). The molecule has 0 aliphatic carbocycles. The predicted octanol–water partition coefficient (Wildman–Crippen LogP) is 2.92. The molecule has 0 saturated carbocycles. The number of nitrogens with one attached hydrogen (secondary N) is 1. The van der Waals surface area contributed by atoms with Crippen LogP contribution in [0.25, 0.3) is 0 Å². The Labute approximate surface area is 178 Å². The maximum atomic E-state index is 12.4. The minimum atomic E-state index is -0.128. The second-order valence-corrected chi connectivity index (χ2v) is 7.62. The van der Waals surface area contributed by atoms with Crippen LogP contribution in [0.2, 0.25) is 0 Å². The highest BCUT2D eigenvalue weighted by Crippen LogP contribution is 2.32. The number of anilines is 1. The van der Waals surface area contributed by atoms with Crippen LogP contribution in [-0.2, 0) is 18.3 Å². The summed E-state index contributed by atoms with van der Waals surface area (Å²) in [6.07, 6.45) is 0.650. The number of carbonyl (C=O) groups excluding carboxylic acids is 1. The molecule has 0 radical (unpaired) electrons. The van der Waals surface area contributed by atoms with Crippen LogP contribution in [0, 0.1) is 0 Å². The fourth-order valence-electron chi connectivity index (χ4n) is 3.00. The SMILES string of the molecule is COc1ccc(Cc2nnc(SCC(=O)Nc3ccc4c(c3)OCCO4)n2C)cc1. The van der Waals surface area contributed by atoms with Gasteiger partial charge in [-0.2, -0.15) is 0 Å². The maximum Gasteiger partial charge on any atom is 0.234 e. The van der Waals surface area contributed by atoms with Gasteiger partial charge in [0, 0.05) is 25.2 Å². The van der Waals surface area contributed by atoms with Gasteiger partial charge in [-0.1, -0.05) is 23.9 Å². The topological polar surface area (TPSA) is 87.5 Å². The molecular weight excluding hydrogens is 404 g/mol. The van der Waals surface area contributed by atoms with Crippen molar-refractivity contribution in [2.75, 3.05) is 31.4 Å². The zero-order valence-corrected chi connectivity index (χ0v) is 17.6. The molecule has 4 rings (SSSR count). The van der Waals surface area contributed by atoms with E-state index in [1.807, 2.05) is 35.9 Å². The molecule has 0 spiro atoms. The molecule has 156 valence electrons. The van der Waals surface area contributed by atoms with Crippen molar-refractivity contribution in [3.63, 3.8) is 0 Å². The van der Waals surface area contributed by atoms with E-state index < -0.39 is 0 Å². The van der Waals surface area contributed by atoms with Crippen LogP contribution in [0.4, 0.5) is 5.69 Å². The third-order valence-corrected chi connectivity index (χ3v) is 5.62. The molecule has 1 aromatic heterocycles. The van der Waals surface area contributed by atoms with Gasteiger partial charge in [0.25, 0.3) is 0 Å². The van der Waals surface area contributed by atoms with Gasteiger partial charge >= 0.3 is 0 Å². The lowest BCUT2D eigenvalue weighted by molar-refractivity contribution is -0.113. The smallest absolute Gasteiger partial charge is 0.234 e. The summed E-state index contributed by atoms with van der Waals surface area (Å²) in [7, 11) is 3.55. The first-order valence-electron chi connectivity index (χ1n) is 9.46. The third-order valence-electron chi connectivity index (χ3n) is 4.60. The van der Waals surface area contributed by atoms with Crippen LogP contribution in [0.5, 0.6) is 17.2 Å². The van der Waals surface area contributed by atoms with E-state index in [0.717, 1.165) is 17.1 Å². The van der Waals surface area contributed by atoms with Crippen molar-refractivity contribution in [2.24, 2.45) is 7.05 Å². The molecule has 0 fully saturated rings. The van der Waals surface area contributed by atoms with Crippen LogP contribution < -0.4 is 19.5 Å². The second-order valence-electron chi connectivity index (χ2n) is 6.68. The van der Waals surface area contributed by atoms with E-state index in [9.17, 15) is 4.79 Å². The summed E-state index contributed by atoms with van der Waals surface area (Å²) in [5.74, 6) is 3.08. The van der Waals surface area contributed by atoms with Gasteiger partial charge < -0.3 is 24.1 Å². The number of carbonyl (C=O) groups is 1. The molecule has 0 bridgehead atoms. The number of benzene rings is 2. The zero-order chi connectivity index (χ0) is 20.9. The Morgan fingerprint density at radius 1 is 1.13 bits per heavy atom. The van der Waals surface area contributed by atoms with Crippen molar-refractivity contribution in [2.45, 2.75) is 11.6 Å². The highest BCUT2D eigenvalue weighted by atomic mass is 32.2. The number of hydrogen-bond donors (Lipinski definition) is 1. The number of nitrogens with zero attached hydrogens (tertiary/aromatic N) is 3. The van der Waals surface area contributed by atoms with E-state index in [4.69, 9.17) is 14.2 Å². The average Bonchev–Trinajstić information content (AvgIpc) is 3.12. The molecule has 8 nitrogen and oxygen atoms in total. The van der Waals surface area contributed by atoms with Gasteiger partial charge in [-0.25, -0.2) is 0 Å². The third kappa shape index (κ3) is 4.68. The van der Waals surface area contributed by atoms with E-state index >= 15 is 0 Å². The fourth-order valence-corrected chi connectivity index (χ4v) is 3.73. The number of methoxy groups -OCH3 is 1. The molecule has 1 aliphatic heterocycles. The van der Waals surface area contributed by atoms with Crippen LogP contribution >= 0.6 is 11.8 Å². The summed E-state index contributed by atoms with van der Waals surface area (Å²) < 4.78 is 18.1. The van der Waals surface area contributed by atoms with Crippen molar-refractivity contribution >= 4 is 23.4 Å². The number of hydrogen-bond acceptors (Lipinski definition) is 7. The number of rotatable bonds is 7. The second kappa shape index (κ2) is 9.08. The summed E-state index contributed by atoms with van der Waals surface area (Å²) in [5, 5.41) is 12.0. The first kappa shape index (κ1) is 20.1. The molecule has 1 N–H and O–H groups in total. The van der Waals surface area contributed by atoms with E-state index in [2.05, 4.69) is 15.5 Å². The van der Waals surface area contributed by atoms with Crippen LogP contribution in [-0.4, -0.2) is 46.7 Å². The highest BCUT2D eigenvalue weighted by molar-refractivity contribution is 7.99. The van der Waals surface area contributed by atoms with Crippen LogP contribution in [0.1, 0.15) is 11.4 Å². The molecule has 0 atom stereocenters. The number of fused-ring (bicyclic) bond motifs is 1. The Balaban J connectivity index is 1.33. The Morgan fingerprint density at radius 2 is 1.90 bits per heavy atom. The highest BCUT2D eigenvalue weighted by Gasteiger charge is 2.15. The lowest BCUT2D eigenvalue weighted by Gasteiger charge is -2.18. The normalized spacial score (nSPS) is 12.5. The summed E-state index contributed by atoms with van der Waals surface area (Å²) in [6, 6.07) is 13.2. The lowest BCUT2D eigenvalue weighted by Crippen LogP contribution is -2.17. The molecule has 3 aromatic rings. The average molecular weight is 426 g/mol. The maximum absolute atomic E-state index is 12.4. The Morgan fingerprint density at radius 3 is 2.67 bits per heavy atom. The van der Waals surface area contributed by atoms with Crippen molar-refractivity contribution in [3.05, 3.63) is 53.9 Å². The first-order chi connectivity index (χ1) is 14.6. The zero-order valence-electron chi connectivity index (χ0n) is 16.8. The summed E-state index contributed by atoms with van der Waals surface area (Å²) in [6.45, 7) is 1.04. The van der Waals surface area contributed by atoms with E-state index in [-0.39, 0.29) is 11.7 Å². The van der Waals surface area contributed by atoms with E-state index in [1.54, 1.807) is 25.3 Å². The molecule has 1 amide bonds.